The number of likely N-dealkylation sites (tertiary alicyclic amines) is 1. The van der Waals surface area contributed by atoms with Crippen LogP contribution in [0.25, 0.3) is 0 Å². The van der Waals surface area contributed by atoms with Crippen LogP contribution in [-0.2, 0) is 9.59 Å². The molecule has 1 aliphatic rings. The van der Waals surface area contributed by atoms with Gasteiger partial charge in [0.05, 0.1) is 11.5 Å². The molecule has 1 fully saturated rings. The SMILES string of the molecule is CCN1CC(C(=O)Nc2ccc(C(=O)N(C)C)cn2)CC1=O. The van der Waals surface area contributed by atoms with Crippen LogP contribution in [0.5, 0.6) is 0 Å². The van der Waals surface area contributed by atoms with Crippen molar-refractivity contribution in [2.45, 2.75) is 13.3 Å². The normalized spacial score (nSPS) is 17.5. The number of amides is 3. The summed E-state index contributed by atoms with van der Waals surface area (Å²) in [4.78, 5) is 42.7. The van der Waals surface area contributed by atoms with E-state index in [2.05, 4.69) is 10.3 Å². The molecule has 2 rings (SSSR count). The zero-order valence-corrected chi connectivity index (χ0v) is 13.0. The molecule has 0 saturated carbocycles. The van der Waals surface area contributed by atoms with Gasteiger partial charge in [-0.2, -0.15) is 0 Å². The Morgan fingerprint density at radius 1 is 1.41 bits per heavy atom. The van der Waals surface area contributed by atoms with E-state index in [-0.39, 0.29) is 30.1 Å². The fraction of sp³-hybridized carbons (Fsp3) is 0.467. The number of carbonyl (C=O) groups is 3. The summed E-state index contributed by atoms with van der Waals surface area (Å²) in [5.74, 6) is -0.337. The predicted octanol–water partition coefficient (Wildman–Crippen LogP) is 0.590. The molecule has 3 amide bonds. The highest BCUT2D eigenvalue weighted by atomic mass is 16.2. The van der Waals surface area contributed by atoms with Crippen LogP contribution in [0.3, 0.4) is 0 Å². The van der Waals surface area contributed by atoms with Crippen LogP contribution in [0.15, 0.2) is 18.3 Å². The van der Waals surface area contributed by atoms with Crippen molar-refractivity contribution in [3.05, 3.63) is 23.9 Å². The minimum absolute atomic E-state index is 0.00235. The zero-order chi connectivity index (χ0) is 16.3. The molecule has 22 heavy (non-hydrogen) atoms. The smallest absolute Gasteiger partial charge is 0.254 e. The number of anilines is 1. The Labute approximate surface area is 129 Å². The second-order valence-electron chi connectivity index (χ2n) is 5.45. The van der Waals surface area contributed by atoms with E-state index in [1.807, 2.05) is 6.92 Å². The van der Waals surface area contributed by atoms with Gasteiger partial charge in [-0.25, -0.2) is 4.98 Å². The van der Waals surface area contributed by atoms with Gasteiger partial charge in [-0.1, -0.05) is 0 Å². The first kappa shape index (κ1) is 15.9. The molecule has 2 heterocycles. The second kappa shape index (κ2) is 6.55. The van der Waals surface area contributed by atoms with Gasteiger partial charge in [0, 0.05) is 39.8 Å². The molecule has 1 atom stereocenters. The van der Waals surface area contributed by atoms with Crippen LogP contribution in [0, 0.1) is 5.92 Å². The third-order valence-corrected chi connectivity index (χ3v) is 3.63. The highest BCUT2D eigenvalue weighted by Crippen LogP contribution is 2.19. The van der Waals surface area contributed by atoms with Crippen molar-refractivity contribution in [2.75, 3.05) is 32.5 Å². The maximum Gasteiger partial charge on any atom is 0.254 e. The third kappa shape index (κ3) is 3.41. The number of rotatable bonds is 4. The Morgan fingerprint density at radius 2 is 2.14 bits per heavy atom. The lowest BCUT2D eigenvalue weighted by atomic mass is 10.1. The number of hydrogen-bond donors (Lipinski definition) is 1. The van der Waals surface area contributed by atoms with E-state index in [4.69, 9.17) is 0 Å². The topological polar surface area (TPSA) is 82.6 Å². The van der Waals surface area contributed by atoms with Crippen LogP contribution >= 0.6 is 0 Å². The highest BCUT2D eigenvalue weighted by molar-refractivity contribution is 5.97. The molecule has 1 aromatic rings. The molecule has 1 N–H and O–H groups in total. The van der Waals surface area contributed by atoms with Gasteiger partial charge in [0.15, 0.2) is 0 Å². The molecule has 0 radical (unpaired) electrons. The summed E-state index contributed by atoms with van der Waals surface area (Å²) >= 11 is 0. The average molecular weight is 304 g/mol. The van der Waals surface area contributed by atoms with Crippen molar-refractivity contribution in [2.24, 2.45) is 5.92 Å². The first-order chi connectivity index (χ1) is 10.4. The Bertz CT molecular complexity index is 583. The molecule has 7 nitrogen and oxygen atoms in total. The summed E-state index contributed by atoms with van der Waals surface area (Å²) in [6.45, 7) is 2.95. The Morgan fingerprint density at radius 3 is 2.64 bits per heavy atom. The molecule has 0 aliphatic carbocycles. The Kier molecular flexibility index (Phi) is 4.75. The van der Waals surface area contributed by atoms with E-state index in [0.29, 0.717) is 24.5 Å². The van der Waals surface area contributed by atoms with Gasteiger partial charge in [-0.3, -0.25) is 14.4 Å². The fourth-order valence-electron chi connectivity index (χ4n) is 2.33. The number of aromatic nitrogens is 1. The van der Waals surface area contributed by atoms with Crippen LogP contribution in [0.1, 0.15) is 23.7 Å². The lowest BCUT2D eigenvalue weighted by molar-refractivity contribution is -0.128. The van der Waals surface area contributed by atoms with Crippen LogP contribution in [0.2, 0.25) is 0 Å². The first-order valence-corrected chi connectivity index (χ1v) is 7.18. The molecule has 0 aromatic carbocycles. The van der Waals surface area contributed by atoms with Gasteiger partial charge in [0.25, 0.3) is 5.91 Å². The second-order valence-corrected chi connectivity index (χ2v) is 5.45. The molecule has 0 bridgehead atoms. The van der Waals surface area contributed by atoms with Gasteiger partial charge in [0.2, 0.25) is 11.8 Å². The molecule has 1 unspecified atom stereocenters. The maximum atomic E-state index is 12.1. The summed E-state index contributed by atoms with van der Waals surface area (Å²) in [6.07, 6.45) is 1.66. The van der Waals surface area contributed by atoms with Gasteiger partial charge < -0.3 is 15.1 Å². The molecular formula is C15H20N4O3. The third-order valence-electron chi connectivity index (χ3n) is 3.63. The van der Waals surface area contributed by atoms with Gasteiger partial charge in [0.1, 0.15) is 5.82 Å². The molecule has 0 spiro atoms. The van der Waals surface area contributed by atoms with E-state index in [1.165, 1.54) is 11.1 Å². The average Bonchev–Trinajstić information content (AvgIpc) is 2.88. The van der Waals surface area contributed by atoms with E-state index in [9.17, 15) is 14.4 Å². The largest absolute Gasteiger partial charge is 0.345 e. The van der Waals surface area contributed by atoms with Crippen molar-refractivity contribution < 1.29 is 14.4 Å². The van der Waals surface area contributed by atoms with Gasteiger partial charge >= 0.3 is 0 Å². The van der Waals surface area contributed by atoms with Gasteiger partial charge in [-0.15, -0.1) is 0 Å². The molecule has 118 valence electrons. The molecule has 1 aromatic heterocycles. The monoisotopic (exact) mass is 304 g/mol. The number of pyridine rings is 1. The Balaban J connectivity index is 1.98. The van der Waals surface area contributed by atoms with E-state index in [1.54, 1.807) is 31.1 Å². The first-order valence-electron chi connectivity index (χ1n) is 7.18. The van der Waals surface area contributed by atoms with Crippen molar-refractivity contribution in [3.63, 3.8) is 0 Å². The van der Waals surface area contributed by atoms with Crippen molar-refractivity contribution in [3.8, 4) is 0 Å². The van der Waals surface area contributed by atoms with Crippen LogP contribution in [0.4, 0.5) is 5.82 Å². The fourth-order valence-corrected chi connectivity index (χ4v) is 2.33. The lowest BCUT2D eigenvalue weighted by Crippen LogP contribution is -2.28. The molecule has 7 heteroatoms. The van der Waals surface area contributed by atoms with E-state index < -0.39 is 0 Å². The van der Waals surface area contributed by atoms with Crippen LogP contribution < -0.4 is 5.32 Å². The molecular weight excluding hydrogens is 284 g/mol. The maximum absolute atomic E-state index is 12.1. The van der Waals surface area contributed by atoms with Gasteiger partial charge in [-0.05, 0) is 19.1 Å². The van der Waals surface area contributed by atoms with E-state index >= 15 is 0 Å². The zero-order valence-electron chi connectivity index (χ0n) is 13.0. The van der Waals surface area contributed by atoms with Crippen molar-refractivity contribution in [1.29, 1.82) is 0 Å². The van der Waals surface area contributed by atoms with Crippen molar-refractivity contribution >= 4 is 23.5 Å². The summed E-state index contributed by atoms with van der Waals surface area (Å²) in [5.41, 5.74) is 0.455. The summed E-state index contributed by atoms with van der Waals surface area (Å²) in [5, 5.41) is 2.69. The minimum Gasteiger partial charge on any atom is -0.345 e. The quantitative estimate of drug-likeness (QED) is 0.882. The minimum atomic E-state index is -0.350. The standard InChI is InChI=1S/C15H20N4O3/c1-4-19-9-11(7-13(19)20)14(21)17-12-6-5-10(8-16-12)15(22)18(2)3/h5-6,8,11H,4,7,9H2,1-3H3,(H,16,17,21). The summed E-state index contributed by atoms with van der Waals surface area (Å²) < 4.78 is 0. The Hall–Kier alpha value is -2.44. The number of nitrogens with one attached hydrogen (secondary N) is 1. The molecule has 1 aliphatic heterocycles. The summed E-state index contributed by atoms with van der Waals surface area (Å²) in [7, 11) is 3.32. The number of hydrogen-bond acceptors (Lipinski definition) is 4. The summed E-state index contributed by atoms with van der Waals surface area (Å²) in [6, 6.07) is 3.20. The molecule has 1 saturated heterocycles. The predicted molar refractivity (Wildman–Crippen MR) is 81.2 cm³/mol. The van der Waals surface area contributed by atoms with E-state index in [0.717, 1.165) is 0 Å². The lowest BCUT2D eigenvalue weighted by Gasteiger charge is -2.13. The highest BCUT2D eigenvalue weighted by Gasteiger charge is 2.33. The number of carbonyl (C=O) groups excluding carboxylic acids is 3. The number of nitrogens with zero attached hydrogens (tertiary/aromatic N) is 3. The van der Waals surface area contributed by atoms with Crippen molar-refractivity contribution in [1.82, 2.24) is 14.8 Å². The van der Waals surface area contributed by atoms with Crippen LogP contribution in [-0.4, -0.2) is 59.7 Å².